The first kappa shape index (κ1) is 37.1. The summed E-state index contributed by atoms with van der Waals surface area (Å²) in [5.41, 5.74) is 0. The highest BCUT2D eigenvalue weighted by molar-refractivity contribution is 4.51. The molecule has 0 radical (unpaired) electrons. The Bertz CT molecular complexity index is 288. The molecule has 0 aliphatic carbocycles. The standard InChI is InChI=1S/C22H46O.C11H24O/c1-2-3-4-5-6-7-8-9-10-11-12-13-14-15-16-17-18-19-20-21-22-23;1-2-3-4-5-6-7-8-9-10-11-12/h23H,2-22H2,1H3;12H,2-11H2,1H3. The van der Waals surface area contributed by atoms with E-state index in [2.05, 4.69) is 13.8 Å². The maximum atomic E-state index is 8.71. The molecule has 2 nitrogen and oxygen atoms in total. The molecule has 2 N–H and O–H groups in total. The van der Waals surface area contributed by atoms with Gasteiger partial charge in [0.15, 0.2) is 0 Å². The lowest BCUT2D eigenvalue weighted by molar-refractivity contribution is 0.282. The van der Waals surface area contributed by atoms with E-state index in [9.17, 15) is 0 Å². The van der Waals surface area contributed by atoms with Gasteiger partial charge in [-0.25, -0.2) is 0 Å². The molecular weight excluding hydrogens is 428 g/mol. The van der Waals surface area contributed by atoms with Crippen LogP contribution < -0.4 is 0 Å². The molecule has 0 unspecified atom stereocenters. The van der Waals surface area contributed by atoms with Crippen LogP contribution in [0.2, 0.25) is 0 Å². The Morgan fingerprint density at radius 2 is 0.371 bits per heavy atom. The molecule has 0 rings (SSSR count). The van der Waals surface area contributed by atoms with E-state index in [0.717, 1.165) is 12.8 Å². The third-order valence-corrected chi connectivity index (χ3v) is 7.27. The molecule has 2 heteroatoms. The van der Waals surface area contributed by atoms with Crippen molar-refractivity contribution in [3.8, 4) is 0 Å². The van der Waals surface area contributed by atoms with E-state index in [1.807, 2.05) is 0 Å². The average Bonchev–Trinajstić information content (AvgIpc) is 2.87. The molecule has 0 spiro atoms. The van der Waals surface area contributed by atoms with Crippen molar-refractivity contribution in [3.05, 3.63) is 0 Å². The summed E-state index contributed by atoms with van der Waals surface area (Å²) < 4.78 is 0. The average molecular weight is 499 g/mol. The van der Waals surface area contributed by atoms with Crippen LogP contribution in [0.25, 0.3) is 0 Å². The van der Waals surface area contributed by atoms with Crippen molar-refractivity contribution < 1.29 is 10.2 Å². The van der Waals surface area contributed by atoms with Crippen molar-refractivity contribution in [1.29, 1.82) is 0 Å². The SMILES string of the molecule is CCCCCCCCCCCCCCCCCCCCCCO.CCCCCCCCCCCO. The smallest absolute Gasteiger partial charge is 0.0431 e. The van der Waals surface area contributed by atoms with Crippen LogP contribution >= 0.6 is 0 Å². The van der Waals surface area contributed by atoms with Crippen molar-refractivity contribution in [2.45, 2.75) is 200 Å². The molecule has 0 aromatic heterocycles. The zero-order valence-corrected chi connectivity index (χ0v) is 24.8. The van der Waals surface area contributed by atoms with Gasteiger partial charge in [0.05, 0.1) is 0 Å². The molecule has 0 fully saturated rings. The minimum atomic E-state index is 0.371. The topological polar surface area (TPSA) is 40.5 Å². The van der Waals surface area contributed by atoms with Gasteiger partial charge in [0.25, 0.3) is 0 Å². The number of hydrogen-bond acceptors (Lipinski definition) is 2. The molecule has 0 atom stereocenters. The molecule has 0 bridgehead atoms. The van der Waals surface area contributed by atoms with Crippen LogP contribution in [-0.2, 0) is 0 Å². The van der Waals surface area contributed by atoms with Gasteiger partial charge < -0.3 is 10.2 Å². The molecule has 0 aliphatic rings. The third kappa shape index (κ3) is 41.3. The Morgan fingerprint density at radius 3 is 0.514 bits per heavy atom. The molecule has 0 aromatic carbocycles. The highest BCUT2D eigenvalue weighted by Gasteiger charge is 1.95. The molecule has 0 saturated carbocycles. The molecule has 0 aliphatic heterocycles. The number of hydrogen-bond donors (Lipinski definition) is 2. The second kappa shape index (κ2) is 38.5. The van der Waals surface area contributed by atoms with Gasteiger partial charge in [-0.3, -0.25) is 0 Å². The van der Waals surface area contributed by atoms with Crippen LogP contribution in [0.1, 0.15) is 200 Å². The lowest BCUT2D eigenvalue weighted by atomic mass is 10.0. The Labute approximate surface area is 223 Å². The summed E-state index contributed by atoms with van der Waals surface area (Å²) in [4.78, 5) is 0. The van der Waals surface area contributed by atoms with E-state index in [0.29, 0.717) is 13.2 Å². The summed E-state index contributed by atoms with van der Waals surface area (Å²) in [5, 5.41) is 17.2. The fourth-order valence-corrected chi connectivity index (χ4v) is 4.79. The van der Waals surface area contributed by atoms with Crippen LogP contribution in [0.3, 0.4) is 0 Å². The summed E-state index contributed by atoms with van der Waals surface area (Å²) in [6, 6.07) is 0. The quantitative estimate of drug-likeness (QED) is 0.101. The van der Waals surface area contributed by atoms with Gasteiger partial charge in [0.1, 0.15) is 0 Å². The van der Waals surface area contributed by atoms with Crippen molar-refractivity contribution in [3.63, 3.8) is 0 Å². The first-order chi connectivity index (χ1) is 17.3. The van der Waals surface area contributed by atoms with E-state index in [1.165, 1.54) is 173 Å². The number of unbranched alkanes of at least 4 members (excludes halogenated alkanes) is 27. The highest BCUT2D eigenvalue weighted by atomic mass is 16.3. The summed E-state index contributed by atoms with van der Waals surface area (Å²) in [6.07, 6.45) is 40.0. The van der Waals surface area contributed by atoms with Crippen molar-refractivity contribution in [1.82, 2.24) is 0 Å². The molecule has 35 heavy (non-hydrogen) atoms. The Balaban J connectivity index is 0. The van der Waals surface area contributed by atoms with Crippen molar-refractivity contribution in [2.75, 3.05) is 13.2 Å². The Morgan fingerprint density at radius 1 is 0.229 bits per heavy atom. The fourth-order valence-electron chi connectivity index (χ4n) is 4.79. The van der Waals surface area contributed by atoms with Gasteiger partial charge in [-0.05, 0) is 12.8 Å². The summed E-state index contributed by atoms with van der Waals surface area (Å²) >= 11 is 0. The van der Waals surface area contributed by atoms with Crippen molar-refractivity contribution >= 4 is 0 Å². The number of aliphatic hydroxyl groups excluding tert-OH is 2. The van der Waals surface area contributed by atoms with Crippen LogP contribution in [0.4, 0.5) is 0 Å². The third-order valence-electron chi connectivity index (χ3n) is 7.27. The molecule has 0 amide bonds. The monoisotopic (exact) mass is 499 g/mol. The van der Waals surface area contributed by atoms with E-state index >= 15 is 0 Å². The minimum absolute atomic E-state index is 0.371. The molecule has 214 valence electrons. The number of rotatable bonds is 29. The van der Waals surface area contributed by atoms with Gasteiger partial charge in [-0.2, -0.15) is 0 Å². The second-order valence-corrected chi connectivity index (χ2v) is 11.0. The van der Waals surface area contributed by atoms with Crippen LogP contribution in [-0.4, -0.2) is 23.4 Å². The summed E-state index contributed by atoms with van der Waals surface area (Å²) in [6.45, 7) is 5.29. The van der Waals surface area contributed by atoms with Gasteiger partial charge in [0.2, 0.25) is 0 Å². The zero-order valence-electron chi connectivity index (χ0n) is 24.8. The van der Waals surface area contributed by atoms with Gasteiger partial charge >= 0.3 is 0 Å². The molecular formula is C33H70O2. The normalized spacial score (nSPS) is 11.0. The molecule has 0 aromatic rings. The van der Waals surface area contributed by atoms with Crippen LogP contribution in [0.15, 0.2) is 0 Å². The second-order valence-electron chi connectivity index (χ2n) is 11.0. The molecule has 0 heterocycles. The van der Waals surface area contributed by atoms with E-state index in [1.54, 1.807) is 0 Å². The Kier molecular flexibility index (Phi) is 40.7. The van der Waals surface area contributed by atoms with Crippen LogP contribution in [0, 0.1) is 0 Å². The van der Waals surface area contributed by atoms with Gasteiger partial charge in [0, 0.05) is 13.2 Å². The van der Waals surface area contributed by atoms with E-state index < -0.39 is 0 Å². The predicted molar refractivity (Wildman–Crippen MR) is 159 cm³/mol. The maximum absolute atomic E-state index is 8.71. The lowest BCUT2D eigenvalue weighted by Crippen LogP contribution is -1.85. The van der Waals surface area contributed by atoms with Gasteiger partial charge in [-0.15, -0.1) is 0 Å². The highest BCUT2D eigenvalue weighted by Crippen LogP contribution is 2.14. The summed E-state index contributed by atoms with van der Waals surface area (Å²) in [7, 11) is 0. The first-order valence-electron chi connectivity index (χ1n) is 16.5. The van der Waals surface area contributed by atoms with Crippen molar-refractivity contribution in [2.24, 2.45) is 0 Å². The zero-order chi connectivity index (χ0) is 25.9. The van der Waals surface area contributed by atoms with E-state index in [-0.39, 0.29) is 0 Å². The largest absolute Gasteiger partial charge is 0.396 e. The predicted octanol–water partition coefficient (Wildman–Crippen LogP) is 11.3. The summed E-state index contributed by atoms with van der Waals surface area (Å²) in [5.74, 6) is 0. The van der Waals surface area contributed by atoms with Crippen LogP contribution in [0.5, 0.6) is 0 Å². The minimum Gasteiger partial charge on any atom is -0.396 e. The number of aliphatic hydroxyl groups is 2. The first-order valence-corrected chi connectivity index (χ1v) is 16.5. The van der Waals surface area contributed by atoms with Gasteiger partial charge in [-0.1, -0.05) is 187 Å². The van der Waals surface area contributed by atoms with E-state index in [4.69, 9.17) is 10.2 Å². The molecule has 0 saturated heterocycles. The fraction of sp³-hybridized carbons (Fsp3) is 1.00. The lowest BCUT2D eigenvalue weighted by Gasteiger charge is -2.03. The Hall–Kier alpha value is -0.0800. The maximum Gasteiger partial charge on any atom is 0.0431 e.